The summed E-state index contributed by atoms with van der Waals surface area (Å²) in [5.41, 5.74) is 2.26. The average Bonchev–Trinajstić information content (AvgIpc) is 3.27. The molecule has 2 aliphatic heterocycles. The molecule has 2 aliphatic rings. The lowest BCUT2D eigenvalue weighted by atomic mass is 9.82. The Balaban J connectivity index is 1.49. The predicted molar refractivity (Wildman–Crippen MR) is 96.5 cm³/mol. The maximum atomic E-state index is 12.6. The van der Waals surface area contributed by atoms with Crippen molar-refractivity contribution in [1.82, 2.24) is 19.8 Å². The Labute approximate surface area is 151 Å². The molecule has 4 heterocycles. The fourth-order valence-corrected chi connectivity index (χ4v) is 4.59. The van der Waals surface area contributed by atoms with Crippen molar-refractivity contribution in [3.8, 4) is 0 Å². The van der Waals surface area contributed by atoms with Crippen LogP contribution < -0.4 is 5.32 Å². The van der Waals surface area contributed by atoms with Gasteiger partial charge in [-0.1, -0.05) is 6.07 Å². The summed E-state index contributed by atoms with van der Waals surface area (Å²) >= 11 is 1.68. The summed E-state index contributed by atoms with van der Waals surface area (Å²) < 4.78 is 7.57. The van der Waals surface area contributed by atoms with E-state index >= 15 is 0 Å². The van der Waals surface area contributed by atoms with Gasteiger partial charge >= 0.3 is 0 Å². The third kappa shape index (κ3) is 3.23. The van der Waals surface area contributed by atoms with Crippen LogP contribution in [0.4, 0.5) is 0 Å². The van der Waals surface area contributed by atoms with Gasteiger partial charge in [0.1, 0.15) is 6.54 Å². The second-order valence-electron chi connectivity index (χ2n) is 6.87. The maximum absolute atomic E-state index is 12.6. The molecule has 0 saturated carbocycles. The van der Waals surface area contributed by atoms with E-state index in [0.717, 1.165) is 44.7 Å². The van der Waals surface area contributed by atoms with E-state index in [1.165, 1.54) is 10.6 Å². The summed E-state index contributed by atoms with van der Waals surface area (Å²) in [5, 5.41) is 5.70. The third-order valence-corrected chi connectivity index (χ3v) is 6.14. The van der Waals surface area contributed by atoms with Crippen molar-refractivity contribution in [2.45, 2.75) is 37.9 Å². The number of ether oxygens (including phenoxy) is 1. The monoisotopic (exact) mass is 360 g/mol. The number of hydrogen-bond donors (Lipinski definition) is 1. The van der Waals surface area contributed by atoms with E-state index < -0.39 is 0 Å². The van der Waals surface area contributed by atoms with Gasteiger partial charge in [-0.15, -0.1) is 11.3 Å². The molecule has 1 amide bonds. The highest BCUT2D eigenvalue weighted by atomic mass is 32.1. The number of aromatic nitrogens is 2. The van der Waals surface area contributed by atoms with Crippen LogP contribution in [-0.2, 0) is 34.6 Å². The van der Waals surface area contributed by atoms with E-state index in [1.807, 2.05) is 29.4 Å². The number of nitrogens with zero attached hydrogens (tertiary/aromatic N) is 3. The SMILES string of the molecule is CN(Cc1cccs1)C(=O)Cn1cnc2c1CCNC21CCOCC1. The number of thiophene rings is 1. The van der Waals surface area contributed by atoms with Crippen molar-refractivity contribution < 1.29 is 9.53 Å². The Morgan fingerprint density at radius 2 is 2.32 bits per heavy atom. The lowest BCUT2D eigenvalue weighted by Crippen LogP contribution is -2.51. The van der Waals surface area contributed by atoms with Crippen molar-refractivity contribution in [2.75, 3.05) is 26.8 Å². The number of likely N-dealkylation sites (N-methyl/N-ethyl adjacent to an activating group) is 1. The zero-order chi connectivity index (χ0) is 17.3. The molecule has 1 fully saturated rings. The van der Waals surface area contributed by atoms with Crippen LogP contribution in [0.25, 0.3) is 0 Å². The minimum absolute atomic E-state index is 0.0665. The van der Waals surface area contributed by atoms with Gasteiger partial charge in [0.2, 0.25) is 5.91 Å². The maximum Gasteiger partial charge on any atom is 0.242 e. The minimum Gasteiger partial charge on any atom is -0.381 e. The van der Waals surface area contributed by atoms with E-state index in [-0.39, 0.29) is 11.4 Å². The molecule has 6 nitrogen and oxygen atoms in total. The zero-order valence-electron chi connectivity index (χ0n) is 14.5. The Morgan fingerprint density at radius 1 is 1.48 bits per heavy atom. The molecular weight excluding hydrogens is 336 g/mol. The summed E-state index contributed by atoms with van der Waals surface area (Å²) in [6.07, 6.45) is 4.65. The van der Waals surface area contributed by atoms with Crippen LogP contribution in [0.1, 0.15) is 29.1 Å². The third-order valence-electron chi connectivity index (χ3n) is 5.28. The molecule has 0 radical (unpaired) electrons. The second kappa shape index (κ2) is 6.90. The van der Waals surface area contributed by atoms with Gasteiger partial charge in [0.15, 0.2) is 0 Å². The van der Waals surface area contributed by atoms with Crippen LogP contribution in [0, 0.1) is 0 Å². The number of rotatable bonds is 4. The fraction of sp³-hybridized carbons (Fsp3) is 0.556. The molecule has 7 heteroatoms. The van der Waals surface area contributed by atoms with Crippen LogP contribution in [0.3, 0.4) is 0 Å². The predicted octanol–water partition coefficient (Wildman–Crippen LogP) is 1.75. The molecule has 25 heavy (non-hydrogen) atoms. The van der Waals surface area contributed by atoms with Crippen molar-refractivity contribution in [1.29, 1.82) is 0 Å². The van der Waals surface area contributed by atoms with Crippen LogP contribution in [0.15, 0.2) is 23.8 Å². The zero-order valence-corrected chi connectivity index (χ0v) is 15.3. The average molecular weight is 360 g/mol. The second-order valence-corrected chi connectivity index (χ2v) is 7.90. The normalized spacial score (nSPS) is 18.9. The molecule has 4 rings (SSSR count). The topological polar surface area (TPSA) is 59.4 Å². The van der Waals surface area contributed by atoms with E-state index in [0.29, 0.717) is 13.1 Å². The van der Waals surface area contributed by atoms with Crippen LogP contribution in [0.5, 0.6) is 0 Å². The summed E-state index contributed by atoms with van der Waals surface area (Å²) in [5.74, 6) is 0.119. The number of carbonyl (C=O) groups excluding carboxylic acids is 1. The highest BCUT2D eigenvalue weighted by molar-refractivity contribution is 7.09. The molecule has 2 aromatic heterocycles. The first-order valence-corrected chi connectivity index (χ1v) is 9.69. The number of hydrogen-bond acceptors (Lipinski definition) is 5. The van der Waals surface area contributed by atoms with Gasteiger partial charge in [-0.05, 0) is 24.3 Å². The first-order valence-electron chi connectivity index (χ1n) is 8.81. The number of imidazole rings is 1. The number of carbonyl (C=O) groups is 1. The summed E-state index contributed by atoms with van der Waals surface area (Å²) in [7, 11) is 1.87. The molecule has 1 saturated heterocycles. The number of fused-ring (bicyclic) bond motifs is 2. The van der Waals surface area contributed by atoms with Gasteiger partial charge in [-0.3, -0.25) is 4.79 Å². The molecule has 1 spiro atoms. The molecule has 1 N–H and O–H groups in total. The number of nitrogens with one attached hydrogen (secondary N) is 1. The summed E-state index contributed by atoms with van der Waals surface area (Å²) in [6, 6.07) is 4.08. The Bertz CT molecular complexity index is 734. The standard InChI is InChI=1S/C18H24N4O2S/c1-21(11-14-3-2-10-25-14)16(23)12-22-13-19-17-15(22)4-7-20-18(17)5-8-24-9-6-18/h2-3,10,13,20H,4-9,11-12H2,1H3. The molecule has 0 unspecified atom stereocenters. The van der Waals surface area contributed by atoms with E-state index in [2.05, 4.69) is 11.4 Å². The Hall–Kier alpha value is -1.70. The Kier molecular flexibility index (Phi) is 4.62. The van der Waals surface area contributed by atoms with Gasteiger partial charge < -0.3 is 19.5 Å². The smallest absolute Gasteiger partial charge is 0.242 e. The Morgan fingerprint density at radius 3 is 3.08 bits per heavy atom. The van der Waals surface area contributed by atoms with E-state index in [4.69, 9.17) is 9.72 Å². The van der Waals surface area contributed by atoms with Gasteiger partial charge in [-0.2, -0.15) is 0 Å². The van der Waals surface area contributed by atoms with E-state index in [9.17, 15) is 4.79 Å². The first-order chi connectivity index (χ1) is 12.2. The molecule has 0 atom stereocenters. The fourth-order valence-electron chi connectivity index (χ4n) is 3.83. The van der Waals surface area contributed by atoms with Crippen LogP contribution in [-0.4, -0.2) is 47.2 Å². The number of amides is 1. The lowest BCUT2D eigenvalue weighted by Gasteiger charge is -2.40. The van der Waals surface area contributed by atoms with E-state index in [1.54, 1.807) is 16.2 Å². The highest BCUT2D eigenvalue weighted by Gasteiger charge is 2.40. The van der Waals surface area contributed by atoms with Crippen LogP contribution >= 0.6 is 11.3 Å². The van der Waals surface area contributed by atoms with Gasteiger partial charge in [0.05, 0.1) is 24.1 Å². The quantitative estimate of drug-likeness (QED) is 0.903. The molecule has 0 aliphatic carbocycles. The van der Waals surface area contributed by atoms with Crippen molar-refractivity contribution in [3.05, 3.63) is 40.1 Å². The van der Waals surface area contributed by atoms with Crippen molar-refractivity contribution in [3.63, 3.8) is 0 Å². The van der Waals surface area contributed by atoms with Gasteiger partial charge in [-0.25, -0.2) is 4.98 Å². The largest absolute Gasteiger partial charge is 0.381 e. The molecular formula is C18H24N4O2S. The summed E-state index contributed by atoms with van der Waals surface area (Å²) in [6.45, 7) is 3.48. The molecule has 134 valence electrons. The van der Waals surface area contributed by atoms with Crippen LogP contribution in [0.2, 0.25) is 0 Å². The highest BCUT2D eigenvalue weighted by Crippen LogP contribution is 2.35. The first kappa shape index (κ1) is 16.8. The van der Waals surface area contributed by atoms with Crippen molar-refractivity contribution in [2.24, 2.45) is 0 Å². The van der Waals surface area contributed by atoms with Gasteiger partial charge in [0, 0.05) is 43.8 Å². The molecule has 0 aromatic carbocycles. The lowest BCUT2D eigenvalue weighted by molar-refractivity contribution is -0.131. The summed E-state index contributed by atoms with van der Waals surface area (Å²) in [4.78, 5) is 20.3. The molecule has 0 bridgehead atoms. The minimum atomic E-state index is -0.0665. The molecule has 2 aromatic rings. The van der Waals surface area contributed by atoms with Gasteiger partial charge in [0.25, 0.3) is 0 Å². The van der Waals surface area contributed by atoms with Crippen molar-refractivity contribution >= 4 is 17.2 Å².